The summed E-state index contributed by atoms with van der Waals surface area (Å²) in [6, 6.07) is 12.9. The molecule has 0 saturated heterocycles. The number of benzene rings is 3. The normalized spacial score (nSPS) is 12.4. The Kier molecular flexibility index (Phi) is 10.8. The van der Waals surface area contributed by atoms with E-state index in [2.05, 4.69) is 14.8 Å². The van der Waals surface area contributed by atoms with Gasteiger partial charge < -0.3 is 25.2 Å². The molecular weight excluding hydrogens is 627 g/mol. The van der Waals surface area contributed by atoms with E-state index in [9.17, 15) is 49.1 Å². The van der Waals surface area contributed by atoms with E-state index >= 15 is 0 Å². The van der Waals surface area contributed by atoms with Crippen molar-refractivity contribution in [2.24, 2.45) is 0 Å². The summed E-state index contributed by atoms with van der Waals surface area (Å²) in [5.74, 6) is -2.56. The van der Waals surface area contributed by atoms with Gasteiger partial charge in [0.2, 0.25) is 0 Å². The molecule has 0 aromatic heterocycles. The van der Waals surface area contributed by atoms with Crippen molar-refractivity contribution in [2.45, 2.75) is 50.1 Å². The first-order valence-electron chi connectivity index (χ1n) is 13.0. The topological polar surface area (TPSA) is 96.9 Å². The molecule has 244 valence electrons. The minimum absolute atomic E-state index is 0.103. The molecule has 3 aromatic rings. The summed E-state index contributed by atoms with van der Waals surface area (Å²) >= 11 is 0. The number of hydrogen-bond acceptors (Lipinski definition) is 4. The van der Waals surface area contributed by atoms with Gasteiger partial charge in [0.15, 0.2) is 0 Å². The van der Waals surface area contributed by atoms with Crippen LogP contribution in [0.25, 0.3) is 0 Å². The molecule has 0 atom stereocenters. The monoisotopic (exact) mass is 652 g/mol. The van der Waals surface area contributed by atoms with Gasteiger partial charge in [-0.05, 0) is 59.4 Å². The third kappa shape index (κ3) is 11.4. The van der Waals surface area contributed by atoms with Crippen LogP contribution >= 0.6 is 0 Å². The van der Waals surface area contributed by atoms with E-state index in [1.54, 1.807) is 17.4 Å². The van der Waals surface area contributed by atoms with Gasteiger partial charge in [0.25, 0.3) is 0 Å². The van der Waals surface area contributed by atoms with Crippen molar-refractivity contribution in [2.75, 3.05) is 6.54 Å². The molecule has 0 aliphatic heterocycles. The molecular formula is C29H25F9N2O5. The largest absolute Gasteiger partial charge is 0.573 e. The van der Waals surface area contributed by atoms with Crippen LogP contribution in [0.2, 0.25) is 0 Å². The van der Waals surface area contributed by atoms with Gasteiger partial charge in [0, 0.05) is 12.8 Å². The molecule has 3 rings (SSSR count). The summed E-state index contributed by atoms with van der Waals surface area (Å²) in [6.07, 6.45) is -15.0. The predicted octanol–water partition coefficient (Wildman–Crippen LogP) is 7.24. The molecule has 0 bridgehead atoms. The average molecular weight is 653 g/mol. The molecule has 2 amide bonds. The summed E-state index contributed by atoms with van der Waals surface area (Å²) < 4.78 is 125. The van der Waals surface area contributed by atoms with Crippen LogP contribution in [0.15, 0.2) is 72.8 Å². The number of carboxylic acids is 1. The smallest absolute Gasteiger partial charge is 0.481 e. The maximum absolute atomic E-state index is 13.1. The Morgan fingerprint density at radius 3 is 1.64 bits per heavy atom. The van der Waals surface area contributed by atoms with Crippen molar-refractivity contribution < 1.29 is 63.7 Å². The highest BCUT2D eigenvalue weighted by molar-refractivity contribution is 5.76. The van der Waals surface area contributed by atoms with Crippen LogP contribution in [0.1, 0.15) is 35.1 Å². The molecule has 0 spiro atoms. The van der Waals surface area contributed by atoms with Gasteiger partial charge in [-0.2, -0.15) is 13.2 Å². The highest BCUT2D eigenvalue weighted by Gasteiger charge is 2.40. The van der Waals surface area contributed by atoms with E-state index in [4.69, 9.17) is 5.11 Å². The maximum atomic E-state index is 13.1. The van der Waals surface area contributed by atoms with Crippen LogP contribution in [0.3, 0.4) is 0 Å². The Morgan fingerprint density at radius 1 is 0.711 bits per heavy atom. The number of alkyl halides is 9. The summed E-state index contributed by atoms with van der Waals surface area (Å²) in [7, 11) is 0. The second-order valence-corrected chi connectivity index (χ2v) is 9.72. The van der Waals surface area contributed by atoms with Gasteiger partial charge in [0.1, 0.15) is 18.0 Å². The lowest BCUT2D eigenvalue weighted by atomic mass is 9.77. The van der Waals surface area contributed by atoms with Gasteiger partial charge in [-0.15, -0.1) is 26.3 Å². The molecule has 16 heteroatoms. The standard InChI is InChI=1S/C29H25F9N2O5/c30-27(31,32)17-39-25(43)40-26(20-5-2-7-22(14-20)44-28(33,34)35,21-6-3-8-23(15-21)45-29(36,37)38)16-19-12-10-18(11-13-19)4-1-9-24(41)42/h2-3,5-8,10-15H,1,4,9,16-17H2,(H,41,42)(H2,39,40,43). The molecule has 3 aromatic carbocycles. The van der Waals surface area contributed by atoms with Gasteiger partial charge in [0.05, 0.1) is 5.54 Å². The molecule has 0 aliphatic rings. The number of halogens is 9. The lowest BCUT2D eigenvalue weighted by molar-refractivity contribution is -0.275. The van der Waals surface area contributed by atoms with Crippen molar-refractivity contribution in [3.63, 3.8) is 0 Å². The quantitative estimate of drug-likeness (QED) is 0.179. The molecule has 0 fully saturated rings. The minimum Gasteiger partial charge on any atom is -0.481 e. The number of carbonyl (C=O) groups is 2. The molecule has 0 aliphatic carbocycles. The number of amides is 2. The lowest BCUT2D eigenvalue weighted by Crippen LogP contribution is -2.53. The fourth-order valence-electron chi connectivity index (χ4n) is 4.47. The number of ether oxygens (including phenoxy) is 2. The fourth-order valence-corrected chi connectivity index (χ4v) is 4.47. The average Bonchev–Trinajstić information content (AvgIpc) is 2.90. The summed E-state index contributed by atoms with van der Waals surface area (Å²) in [4.78, 5) is 23.7. The van der Waals surface area contributed by atoms with E-state index in [0.717, 1.165) is 36.4 Å². The highest BCUT2D eigenvalue weighted by Crippen LogP contribution is 2.38. The van der Waals surface area contributed by atoms with Crippen LogP contribution in [-0.2, 0) is 23.2 Å². The number of nitrogens with one attached hydrogen (secondary N) is 2. The van der Waals surface area contributed by atoms with E-state index in [1.165, 1.54) is 24.3 Å². The molecule has 0 radical (unpaired) electrons. The Bertz CT molecular complexity index is 1400. The Labute approximate surface area is 249 Å². The van der Waals surface area contributed by atoms with Crippen molar-refractivity contribution in [1.82, 2.24) is 10.6 Å². The third-order valence-corrected chi connectivity index (χ3v) is 6.25. The van der Waals surface area contributed by atoms with Gasteiger partial charge in [-0.1, -0.05) is 48.5 Å². The van der Waals surface area contributed by atoms with Crippen molar-refractivity contribution in [1.29, 1.82) is 0 Å². The molecule has 0 heterocycles. The number of hydrogen-bond donors (Lipinski definition) is 3. The second kappa shape index (κ2) is 14.0. The van der Waals surface area contributed by atoms with E-state index in [-0.39, 0.29) is 17.5 Å². The first-order chi connectivity index (χ1) is 20.8. The second-order valence-electron chi connectivity index (χ2n) is 9.72. The van der Waals surface area contributed by atoms with Crippen LogP contribution in [0, 0.1) is 0 Å². The van der Waals surface area contributed by atoms with Crippen LogP contribution < -0.4 is 20.1 Å². The molecule has 7 nitrogen and oxygen atoms in total. The van der Waals surface area contributed by atoms with E-state index < -0.39 is 60.9 Å². The summed E-state index contributed by atoms with van der Waals surface area (Å²) in [5.41, 5.74) is -1.45. The van der Waals surface area contributed by atoms with Crippen LogP contribution in [-0.4, -0.2) is 42.6 Å². The van der Waals surface area contributed by atoms with Crippen LogP contribution in [0.5, 0.6) is 11.5 Å². The minimum atomic E-state index is -5.16. The van der Waals surface area contributed by atoms with Crippen molar-refractivity contribution in [3.8, 4) is 11.5 Å². The van der Waals surface area contributed by atoms with E-state index in [1.807, 2.05) is 0 Å². The SMILES string of the molecule is O=C(O)CCCc1ccc(CC(NC(=O)NCC(F)(F)F)(c2cccc(OC(F)(F)F)c2)c2cccc(OC(F)(F)F)c2)cc1. The van der Waals surface area contributed by atoms with Gasteiger partial charge in [-0.25, -0.2) is 4.79 Å². The zero-order valence-electron chi connectivity index (χ0n) is 22.9. The number of carbonyl (C=O) groups excluding carboxylic acids is 1. The van der Waals surface area contributed by atoms with Crippen LogP contribution in [0.4, 0.5) is 44.3 Å². The first kappa shape index (κ1) is 34.9. The Hall–Kier alpha value is -4.63. The van der Waals surface area contributed by atoms with Gasteiger partial charge >= 0.3 is 30.9 Å². The molecule has 0 saturated carbocycles. The molecule has 45 heavy (non-hydrogen) atoms. The summed E-state index contributed by atoms with van der Waals surface area (Å²) in [5, 5.41) is 12.8. The van der Waals surface area contributed by atoms with Gasteiger partial charge in [-0.3, -0.25) is 4.79 Å². The lowest BCUT2D eigenvalue weighted by Gasteiger charge is -2.37. The fraction of sp³-hybridized carbons (Fsp3) is 0.310. The summed E-state index contributed by atoms with van der Waals surface area (Å²) in [6.45, 7) is -1.80. The first-order valence-corrected chi connectivity index (χ1v) is 13.0. The molecule has 0 unspecified atom stereocenters. The number of aryl methyl sites for hydroxylation is 1. The van der Waals surface area contributed by atoms with E-state index in [0.29, 0.717) is 24.0 Å². The number of aliphatic carboxylic acids is 1. The third-order valence-electron chi connectivity index (χ3n) is 6.25. The highest BCUT2D eigenvalue weighted by atomic mass is 19.4. The molecule has 3 N–H and O–H groups in total. The van der Waals surface area contributed by atoms with Crippen molar-refractivity contribution >= 4 is 12.0 Å². The van der Waals surface area contributed by atoms with Crippen molar-refractivity contribution in [3.05, 3.63) is 95.1 Å². The number of carboxylic acid groups (broad SMARTS) is 1. The maximum Gasteiger partial charge on any atom is 0.573 e. The predicted molar refractivity (Wildman–Crippen MR) is 140 cm³/mol. The Morgan fingerprint density at radius 2 is 1.20 bits per heavy atom. The number of rotatable bonds is 12. The zero-order valence-corrected chi connectivity index (χ0v) is 22.9. The zero-order chi connectivity index (χ0) is 33.5. The Balaban J connectivity index is 2.18. The number of urea groups is 1.